The smallest absolute Gasteiger partial charge is 0.416 e. The van der Waals surface area contributed by atoms with E-state index >= 15 is 0 Å². The minimum Gasteiger partial charge on any atom is -0.496 e. The summed E-state index contributed by atoms with van der Waals surface area (Å²) in [4.78, 5) is 26.8. The van der Waals surface area contributed by atoms with Crippen LogP contribution >= 0.6 is 11.6 Å². The third-order valence-corrected chi connectivity index (χ3v) is 5.22. The Balaban J connectivity index is 1.57. The van der Waals surface area contributed by atoms with Crippen LogP contribution in [0.2, 0.25) is 5.02 Å². The van der Waals surface area contributed by atoms with Crippen molar-refractivity contribution < 1.29 is 27.5 Å². The number of alkyl halides is 3. The molecule has 2 amide bonds. The second kappa shape index (κ2) is 8.95. The van der Waals surface area contributed by atoms with Gasteiger partial charge in [-0.3, -0.25) is 9.59 Å². The molecular weight excluding hydrogens is 421 g/mol. The number of nitrogens with zero attached hydrogens (tertiary/aromatic N) is 1. The topological polar surface area (TPSA) is 58.6 Å². The first kappa shape index (κ1) is 22.0. The van der Waals surface area contributed by atoms with Gasteiger partial charge in [-0.1, -0.05) is 11.6 Å². The van der Waals surface area contributed by atoms with E-state index in [0.717, 1.165) is 24.3 Å². The van der Waals surface area contributed by atoms with Gasteiger partial charge in [-0.15, -0.1) is 0 Å². The Morgan fingerprint density at radius 1 is 1.10 bits per heavy atom. The fourth-order valence-corrected chi connectivity index (χ4v) is 3.50. The van der Waals surface area contributed by atoms with Crippen LogP contribution in [-0.2, 0) is 6.18 Å². The van der Waals surface area contributed by atoms with Crippen molar-refractivity contribution in [3.05, 3.63) is 64.2 Å². The Labute approximate surface area is 176 Å². The lowest BCUT2D eigenvalue weighted by atomic mass is 10.0. The third kappa shape index (κ3) is 5.05. The number of nitrogens with one attached hydrogen (secondary N) is 1. The molecule has 1 aliphatic rings. The Bertz CT molecular complexity index is 924. The van der Waals surface area contributed by atoms with E-state index < -0.39 is 17.6 Å². The van der Waals surface area contributed by atoms with Gasteiger partial charge in [0.15, 0.2) is 0 Å². The molecule has 0 spiro atoms. The van der Waals surface area contributed by atoms with Crippen molar-refractivity contribution in [2.45, 2.75) is 25.1 Å². The Morgan fingerprint density at radius 3 is 2.30 bits per heavy atom. The summed E-state index contributed by atoms with van der Waals surface area (Å²) in [6.07, 6.45) is -3.39. The normalized spacial score (nSPS) is 15.0. The average Bonchev–Trinajstić information content (AvgIpc) is 2.73. The number of carbonyl (C=O) groups is 2. The highest BCUT2D eigenvalue weighted by atomic mass is 35.5. The molecule has 3 rings (SSSR count). The summed E-state index contributed by atoms with van der Waals surface area (Å²) in [6, 6.07) is 8.73. The average molecular weight is 441 g/mol. The fraction of sp³-hybridized carbons (Fsp3) is 0.333. The number of likely N-dealkylation sites (tertiary alicyclic amines) is 1. The van der Waals surface area contributed by atoms with E-state index in [-0.39, 0.29) is 17.5 Å². The fourth-order valence-electron chi connectivity index (χ4n) is 3.32. The maximum atomic E-state index is 12.8. The zero-order valence-corrected chi connectivity index (χ0v) is 16.9. The van der Waals surface area contributed by atoms with Crippen LogP contribution in [0.1, 0.15) is 39.1 Å². The first-order valence-corrected chi connectivity index (χ1v) is 9.68. The van der Waals surface area contributed by atoms with Crippen LogP contribution in [0, 0.1) is 0 Å². The predicted molar refractivity (Wildman–Crippen MR) is 106 cm³/mol. The van der Waals surface area contributed by atoms with E-state index in [4.69, 9.17) is 16.3 Å². The van der Waals surface area contributed by atoms with Crippen LogP contribution < -0.4 is 10.1 Å². The standard InChI is InChI=1S/C21H20ClF3N2O3/c1-30-18-7-6-15(22)12-17(18)20(29)27-10-8-16(9-11-27)26-19(28)13-2-4-14(5-3-13)21(23,24)25/h2-7,12,16H,8-11H2,1H3,(H,26,28). The highest BCUT2D eigenvalue weighted by Gasteiger charge is 2.30. The Kier molecular flexibility index (Phi) is 6.55. The molecular formula is C21H20ClF3N2O3. The van der Waals surface area contributed by atoms with Crippen molar-refractivity contribution in [1.29, 1.82) is 0 Å². The van der Waals surface area contributed by atoms with Crippen LogP contribution in [-0.4, -0.2) is 43.0 Å². The van der Waals surface area contributed by atoms with E-state index in [9.17, 15) is 22.8 Å². The molecule has 1 fully saturated rings. The highest BCUT2D eigenvalue weighted by Crippen LogP contribution is 2.29. The van der Waals surface area contributed by atoms with Crippen LogP contribution in [0.5, 0.6) is 5.75 Å². The lowest BCUT2D eigenvalue weighted by Crippen LogP contribution is -2.46. The molecule has 0 aromatic heterocycles. The van der Waals surface area contributed by atoms with Crippen molar-refractivity contribution in [2.24, 2.45) is 0 Å². The highest BCUT2D eigenvalue weighted by molar-refractivity contribution is 6.31. The van der Waals surface area contributed by atoms with E-state index in [0.29, 0.717) is 42.3 Å². The summed E-state index contributed by atoms with van der Waals surface area (Å²) in [5.41, 5.74) is -0.273. The molecule has 160 valence electrons. The molecule has 30 heavy (non-hydrogen) atoms. The summed E-state index contributed by atoms with van der Waals surface area (Å²) in [5, 5.41) is 3.25. The first-order valence-electron chi connectivity index (χ1n) is 9.30. The van der Waals surface area contributed by atoms with Gasteiger partial charge in [0.25, 0.3) is 11.8 Å². The van der Waals surface area contributed by atoms with Crippen molar-refractivity contribution in [3.8, 4) is 5.75 Å². The molecule has 9 heteroatoms. The van der Waals surface area contributed by atoms with Crippen LogP contribution in [0.4, 0.5) is 13.2 Å². The summed E-state index contributed by atoms with van der Waals surface area (Å²) < 4.78 is 43.2. The number of amides is 2. The molecule has 0 bridgehead atoms. The number of benzene rings is 2. The number of rotatable bonds is 4. The molecule has 1 saturated heterocycles. The SMILES string of the molecule is COc1ccc(Cl)cc1C(=O)N1CCC(NC(=O)c2ccc(C(F)(F)F)cc2)CC1. The zero-order chi connectivity index (χ0) is 21.9. The lowest BCUT2D eigenvalue weighted by Gasteiger charge is -2.32. The van der Waals surface area contributed by atoms with E-state index in [1.54, 1.807) is 23.1 Å². The minimum atomic E-state index is -4.44. The van der Waals surface area contributed by atoms with E-state index in [1.165, 1.54) is 7.11 Å². The molecule has 1 N–H and O–H groups in total. The number of carbonyl (C=O) groups excluding carboxylic acids is 2. The van der Waals surface area contributed by atoms with Gasteiger partial charge in [-0.05, 0) is 55.3 Å². The molecule has 1 heterocycles. The molecule has 1 aliphatic heterocycles. The van der Waals surface area contributed by atoms with Gasteiger partial charge in [0, 0.05) is 29.7 Å². The maximum absolute atomic E-state index is 12.8. The van der Waals surface area contributed by atoms with Crippen molar-refractivity contribution in [3.63, 3.8) is 0 Å². The quantitative estimate of drug-likeness (QED) is 0.766. The maximum Gasteiger partial charge on any atom is 0.416 e. The summed E-state index contributed by atoms with van der Waals surface area (Å²) in [6.45, 7) is 0.846. The van der Waals surface area contributed by atoms with E-state index in [2.05, 4.69) is 5.32 Å². The third-order valence-electron chi connectivity index (χ3n) is 4.98. The molecule has 2 aromatic carbocycles. The number of ether oxygens (including phenoxy) is 1. The second-order valence-electron chi connectivity index (χ2n) is 6.96. The van der Waals surface area contributed by atoms with Gasteiger partial charge in [-0.25, -0.2) is 0 Å². The zero-order valence-electron chi connectivity index (χ0n) is 16.1. The number of hydrogen-bond donors (Lipinski definition) is 1. The second-order valence-corrected chi connectivity index (χ2v) is 7.40. The van der Waals surface area contributed by atoms with Gasteiger partial charge < -0.3 is 15.0 Å². The van der Waals surface area contributed by atoms with Gasteiger partial charge in [0.1, 0.15) is 5.75 Å². The van der Waals surface area contributed by atoms with Gasteiger partial charge in [-0.2, -0.15) is 13.2 Å². The number of halogens is 4. The van der Waals surface area contributed by atoms with Crippen LogP contribution in [0.3, 0.4) is 0 Å². The molecule has 2 aromatic rings. The van der Waals surface area contributed by atoms with Gasteiger partial charge in [0.05, 0.1) is 18.2 Å². The molecule has 0 saturated carbocycles. The predicted octanol–water partition coefficient (Wildman–Crippen LogP) is 4.40. The molecule has 0 aliphatic carbocycles. The minimum absolute atomic E-state index is 0.158. The summed E-state index contributed by atoms with van der Waals surface area (Å²) >= 11 is 5.99. The number of methoxy groups -OCH3 is 1. The van der Waals surface area contributed by atoms with Crippen LogP contribution in [0.25, 0.3) is 0 Å². The largest absolute Gasteiger partial charge is 0.496 e. The van der Waals surface area contributed by atoms with Crippen LogP contribution in [0.15, 0.2) is 42.5 Å². The summed E-state index contributed by atoms with van der Waals surface area (Å²) in [5.74, 6) is -0.214. The molecule has 0 radical (unpaired) electrons. The Morgan fingerprint density at radius 2 is 1.73 bits per heavy atom. The van der Waals surface area contributed by atoms with Gasteiger partial charge in [0.2, 0.25) is 0 Å². The molecule has 5 nitrogen and oxygen atoms in total. The lowest BCUT2D eigenvalue weighted by molar-refractivity contribution is -0.137. The van der Waals surface area contributed by atoms with Crippen molar-refractivity contribution in [1.82, 2.24) is 10.2 Å². The summed E-state index contributed by atoms with van der Waals surface area (Å²) in [7, 11) is 1.48. The Hall–Kier alpha value is -2.74. The molecule has 0 atom stereocenters. The van der Waals surface area contributed by atoms with E-state index in [1.807, 2.05) is 0 Å². The molecule has 0 unspecified atom stereocenters. The monoisotopic (exact) mass is 440 g/mol. The number of hydrogen-bond acceptors (Lipinski definition) is 3. The van der Waals surface area contributed by atoms with Gasteiger partial charge >= 0.3 is 6.18 Å². The van der Waals surface area contributed by atoms with Crippen molar-refractivity contribution in [2.75, 3.05) is 20.2 Å². The first-order chi connectivity index (χ1) is 14.2. The van der Waals surface area contributed by atoms with Crippen molar-refractivity contribution >= 4 is 23.4 Å². The number of piperidine rings is 1.